The van der Waals surface area contributed by atoms with Crippen LogP contribution in [0.4, 0.5) is 4.39 Å². The maximum absolute atomic E-state index is 13.4. The summed E-state index contributed by atoms with van der Waals surface area (Å²) in [5.74, 6) is 0.143. The van der Waals surface area contributed by atoms with Crippen LogP contribution in [-0.2, 0) is 0 Å². The number of rotatable bonds is 2. The Morgan fingerprint density at radius 2 is 2.31 bits per heavy atom. The van der Waals surface area contributed by atoms with Crippen LogP contribution >= 0.6 is 0 Å². The molecule has 1 N–H and O–H groups in total. The van der Waals surface area contributed by atoms with E-state index in [0.29, 0.717) is 17.2 Å². The van der Waals surface area contributed by atoms with Gasteiger partial charge in [0.15, 0.2) is 0 Å². The fourth-order valence-electron chi connectivity index (χ4n) is 1.38. The van der Waals surface area contributed by atoms with E-state index in [1.165, 1.54) is 6.07 Å². The van der Waals surface area contributed by atoms with Gasteiger partial charge in [-0.3, -0.25) is 4.98 Å². The second-order valence-electron chi connectivity index (χ2n) is 3.58. The van der Waals surface area contributed by atoms with Gasteiger partial charge in [-0.1, -0.05) is 0 Å². The molecule has 1 unspecified atom stereocenters. The number of hydrogen-bond acceptors (Lipinski definition) is 2. The summed E-state index contributed by atoms with van der Waals surface area (Å²) >= 11 is 0. The smallest absolute Gasteiger partial charge is 0.130 e. The zero-order valence-corrected chi connectivity index (χ0v) is 7.50. The zero-order valence-electron chi connectivity index (χ0n) is 7.50. The van der Waals surface area contributed by atoms with E-state index in [1.807, 2.05) is 0 Å². The first kappa shape index (κ1) is 8.63. The number of aliphatic hydroxyl groups excluding tert-OH is 1. The third-order valence-corrected chi connectivity index (χ3v) is 2.35. The largest absolute Gasteiger partial charge is 0.387 e. The number of halogens is 1. The molecule has 2 rings (SSSR count). The highest BCUT2D eigenvalue weighted by atomic mass is 19.1. The van der Waals surface area contributed by atoms with Crippen molar-refractivity contribution in [2.24, 2.45) is 0 Å². The van der Waals surface area contributed by atoms with Crippen LogP contribution in [0.25, 0.3) is 0 Å². The van der Waals surface area contributed by atoms with Crippen LogP contribution in [0.3, 0.4) is 0 Å². The molecular weight excluding hydrogens is 169 g/mol. The molecule has 0 aromatic carbocycles. The maximum atomic E-state index is 13.4. The molecule has 70 valence electrons. The first-order valence-electron chi connectivity index (χ1n) is 4.52. The van der Waals surface area contributed by atoms with Crippen LogP contribution in [-0.4, -0.2) is 10.1 Å². The third-order valence-electron chi connectivity index (χ3n) is 2.35. The molecule has 0 aliphatic heterocycles. The third kappa shape index (κ3) is 1.70. The molecule has 1 aliphatic rings. The van der Waals surface area contributed by atoms with Crippen molar-refractivity contribution in [1.29, 1.82) is 0 Å². The minimum absolute atomic E-state index is 0.228. The summed E-state index contributed by atoms with van der Waals surface area (Å²) in [6.45, 7) is 1.58. The van der Waals surface area contributed by atoms with Gasteiger partial charge in [0.2, 0.25) is 0 Å². The van der Waals surface area contributed by atoms with Gasteiger partial charge in [-0.05, 0) is 31.7 Å². The second kappa shape index (κ2) is 3.07. The fraction of sp³-hybridized carbons (Fsp3) is 0.500. The van der Waals surface area contributed by atoms with Crippen LogP contribution in [0.5, 0.6) is 0 Å². The highest BCUT2D eigenvalue weighted by molar-refractivity contribution is 5.24. The van der Waals surface area contributed by atoms with Gasteiger partial charge in [0.05, 0.1) is 11.8 Å². The molecule has 0 bridgehead atoms. The van der Waals surface area contributed by atoms with Crippen molar-refractivity contribution < 1.29 is 9.50 Å². The van der Waals surface area contributed by atoms with Gasteiger partial charge in [0, 0.05) is 11.8 Å². The monoisotopic (exact) mass is 181 g/mol. The van der Waals surface area contributed by atoms with Crippen molar-refractivity contribution in [3.8, 4) is 0 Å². The molecule has 3 heteroatoms. The molecule has 1 heterocycles. The standard InChI is InChI=1S/C10H12FNO/c1-6(13)10-4-9(11)8(5-12-10)7-2-3-7/h4-7,13H,2-3H2,1H3. The minimum atomic E-state index is -0.692. The van der Waals surface area contributed by atoms with Crippen LogP contribution in [0.2, 0.25) is 0 Å². The summed E-state index contributed by atoms with van der Waals surface area (Å²) in [6.07, 6.45) is 2.98. The van der Waals surface area contributed by atoms with E-state index in [9.17, 15) is 4.39 Å². The normalized spacial score (nSPS) is 18.7. The predicted molar refractivity (Wildman–Crippen MR) is 46.8 cm³/mol. The Morgan fingerprint density at radius 3 is 2.77 bits per heavy atom. The van der Waals surface area contributed by atoms with Crippen molar-refractivity contribution >= 4 is 0 Å². The zero-order chi connectivity index (χ0) is 9.42. The molecule has 0 amide bonds. The lowest BCUT2D eigenvalue weighted by Crippen LogP contribution is -1.99. The first-order chi connectivity index (χ1) is 6.18. The summed E-state index contributed by atoms with van der Waals surface area (Å²) in [7, 11) is 0. The molecule has 0 spiro atoms. The van der Waals surface area contributed by atoms with Gasteiger partial charge in [-0.15, -0.1) is 0 Å². The molecule has 0 radical (unpaired) electrons. The van der Waals surface area contributed by atoms with Gasteiger partial charge in [0.1, 0.15) is 5.82 Å². The van der Waals surface area contributed by atoms with Gasteiger partial charge < -0.3 is 5.11 Å². The van der Waals surface area contributed by atoms with E-state index in [1.54, 1.807) is 13.1 Å². The first-order valence-corrected chi connectivity index (χ1v) is 4.52. The second-order valence-corrected chi connectivity index (χ2v) is 3.58. The summed E-state index contributed by atoms with van der Waals surface area (Å²) in [5.41, 5.74) is 1.10. The molecule has 1 saturated carbocycles. The highest BCUT2D eigenvalue weighted by Gasteiger charge is 2.27. The Labute approximate surface area is 76.4 Å². The molecule has 0 saturated heterocycles. The van der Waals surface area contributed by atoms with E-state index < -0.39 is 6.10 Å². The van der Waals surface area contributed by atoms with Gasteiger partial charge in [-0.2, -0.15) is 0 Å². The van der Waals surface area contributed by atoms with E-state index in [2.05, 4.69) is 4.98 Å². The Morgan fingerprint density at radius 1 is 1.62 bits per heavy atom. The number of nitrogens with zero attached hydrogens (tertiary/aromatic N) is 1. The number of hydrogen-bond donors (Lipinski definition) is 1. The van der Waals surface area contributed by atoms with Crippen LogP contribution < -0.4 is 0 Å². The quantitative estimate of drug-likeness (QED) is 0.758. The fourth-order valence-corrected chi connectivity index (χ4v) is 1.38. The van der Waals surface area contributed by atoms with Crippen LogP contribution in [0.1, 0.15) is 43.0 Å². The Bertz CT molecular complexity index is 321. The highest BCUT2D eigenvalue weighted by Crippen LogP contribution is 2.41. The molecule has 1 fully saturated rings. The van der Waals surface area contributed by atoms with E-state index >= 15 is 0 Å². The SMILES string of the molecule is CC(O)c1cc(F)c(C2CC2)cn1. The summed E-state index contributed by atoms with van der Waals surface area (Å²) in [4.78, 5) is 4.01. The van der Waals surface area contributed by atoms with E-state index in [-0.39, 0.29) is 5.82 Å². The summed E-state index contributed by atoms with van der Waals surface area (Å²) < 4.78 is 13.4. The number of pyridine rings is 1. The van der Waals surface area contributed by atoms with Gasteiger partial charge in [0.25, 0.3) is 0 Å². The lowest BCUT2D eigenvalue weighted by Gasteiger charge is -2.05. The van der Waals surface area contributed by atoms with Gasteiger partial charge in [-0.25, -0.2) is 4.39 Å². The van der Waals surface area contributed by atoms with Crippen LogP contribution in [0, 0.1) is 5.82 Å². The molecule has 1 atom stereocenters. The number of aliphatic hydroxyl groups is 1. The average molecular weight is 181 g/mol. The minimum Gasteiger partial charge on any atom is -0.387 e. The summed E-state index contributed by atoms with van der Waals surface area (Å²) in [5, 5.41) is 9.16. The topological polar surface area (TPSA) is 33.1 Å². The van der Waals surface area contributed by atoms with Crippen molar-refractivity contribution in [3.63, 3.8) is 0 Å². The molecule has 1 aromatic heterocycles. The lowest BCUT2D eigenvalue weighted by atomic mass is 10.1. The van der Waals surface area contributed by atoms with Crippen molar-refractivity contribution in [2.75, 3.05) is 0 Å². The van der Waals surface area contributed by atoms with Gasteiger partial charge >= 0.3 is 0 Å². The Balaban J connectivity index is 2.31. The van der Waals surface area contributed by atoms with Crippen molar-refractivity contribution in [3.05, 3.63) is 29.3 Å². The number of aromatic nitrogens is 1. The predicted octanol–water partition coefficient (Wildman–Crippen LogP) is 2.15. The Hall–Kier alpha value is -0.960. The van der Waals surface area contributed by atoms with Crippen molar-refractivity contribution in [2.45, 2.75) is 31.8 Å². The molecule has 2 nitrogen and oxygen atoms in total. The van der Waals surface area contributed by atoms with Crippen LogP contribution in [0.15, 0.2) is 12.3 Å². The molecule has 1 aromatic rings. The summed E-state index contributed by atoms with van der Waals surface area (Å²) in [6, 6.07) is 1.33. The molecular formula is C10H12FNO. The lowest BCUT2D eigenvalue weighted by molar-refractivity contribution is 0.193. The molecule has 1 aliphatic carbocycles. The average Bonchev–Trinajstić information content (AvgIpc) is 2.87. The van der Waals surface area contributed by atoms with E-state index in [4.69, 9.17) is 5.11 Å². The molecule has 13 heavy (non-hydrogen) atoms. The maximum Gasteiger partial charge on any atom is 0.130 e. The van der Waals surface area contributed by atoms with Crippen molar-refractivity contribution in [1.82, 2.24) is 4.98 Å². The van der Waals surface area contributed by atoms with E-state index in [0.717, 1.165) is 12.8 Å². The Kier molecular flexibility index (Phi) is 2.04.